The van der Waals surface area contributed by atoms with Gasteiger partial charge in [-0.05, 0) is 6.92 Å². The molecule has 0 spiro atoms. The van der Waals surface area contributed by atoms with Gasteiger partial charge < -0.3 is 20.7 Å². The summed E-state index contributed by atoms with van der Waals surface area (Å²) in [5.41, 5.74) is 5.52. The first-order chi connectivity index (χ1) is 7.20. The van der Waals surface area contributed by atoms with Crippen molar-refractivity contribution in [2.45, 2.75) is 13.0 Å². The molecule has 6 heteroatoms. The lowest BCUT2D eigenvalue weighted by Gasteiger charge is -2.36. The molecule has 2 aliphatic rings. The minimum Gasteiger partial charge on any atom is -0.491 e. The van der Waals surface area contributed by atoms with E-state index in [0.717, 1.165) is 23.1 Å². The molecular weight excluding hydrogens is 212 g/mol. The number of thioether (sulfide) groups is 1. The molecule has 0 aromatic rings. The average Bonchev–Trinajstić information content (AvgIpc) is 2.70. The monoisotopic (exact) mass is 228 g/mol. The van der Waals surface area contributed by atoms with E-state index in [4.69, 9.17) is 15.9 Å². The van der Waals surface area contributed by atoms with Crippen LogP contribution in [0.1, 0.15) is 6.92 Å². The van der Waals surface area contributed by atoms with Crippen LogP contribution in [0.15, 0.2) is 10.8 Å². The summed E-state index contributed by atoms with van der Waals surface area (Å²) in [4.78, 5) is 1.85. The van der Waals surface area contributed by atoms with E-state index in [1.165, 1.54) is 0 Å². The van der Waals surface area contributed by atoms with Crippen LogP contribution in [-0.2, 0) is 4.74 Å². The van der Waals surface area contributed by atoms with Crippen LogP contribution >= 0.6 is 11.8 Å². The molecule has 0 aliphatic carbocycles. The average molecular weight is 228 g/mol. The number of nitrogens with one attached hydrogen (secondary N) is 2. The third kappa shape index (κ3) is 1.99. The van der Waals surface area contributed by atoms with Gasteiger partial charge in [0.25, 0.3) is 0 Å². The third-order valence-electron chi connectivity index (χ3n) is 2.60. The summed E-state index contributed by atoms with van der Waals surface area (Å²) in [7, 11) is 0. The van der Waals surface area contributed by atoms with Crippen LogP contribution in [0.5, 0.6) is 0 Å². The molecule has 0 aromatic carbocycles. The Bertz CT molecular complexity index is 296. The normalized spacial score (nSPS) is 31.0. The van der Waals surface area contributed by atoms with Gasteiger partial charge in [0.1, 0.15) is 17.4 Å². The summed E-state index contributed by atoms with van der Waals surface area (Å²) in [6, 6.07) is 0.0596. The topological polar surface area (TPSA) is 74.4 Å². The highest BCUT2D eigenvalue weighted by Gasteiger charge is 2.29. The molecule has 15 heavy (non-hydrogen) atoms. The summed E-state index contributed by atoms with van der Waals surface area (Å²) in [6.07, 6.45) is 0. The fourth-order valence-electron chi connectivity index (χ4n) is 1.82. The van der Waals surface area contributed by atoms with Gasteiger partial charge in [0.2, 0.25) is 0 Å². The molecule has 4 N–H and O–H groups in total. The Morgan fingerprint density at radius 2 is 2.53 bits per heavy atom. The van der Waals surface area contributed by atoms with Gasteiger partial charge in [0, 0.05) is 12.3 Å². The molecule has 0 radical (unpaired) electrons. The lowest BCUT2D eigenvalue weighted by Crippen LogP contribution is -2.49. The van der Waals surface area contributed by atoms with Gasteiger partial charge in [-0.1, -0.05) is 0 Å². The Labute approximate surface area is 93.5 Å². The summed E-state index contributed by atoms with van der Waals surface area (Å²) in [6.45, 7) is 4.30. The van der Waals surface area contributed by atoms with Crippen molar-refractivity contribution >= 4 is 17.7 Å². The molecule has 0 saturated carbocycles. The van der Waals surface area contributed by atoms with Crippen molar-refractivity contribution in [2.24, 2.45) is 5.73 Å². The van der Waals surface area contributed by atoms with Gasteiger partial charge in [-0.15, -0.1) is 11.8 Å². The molecule has 2 heterocycles. The fourth-order valence-corrected chi connectivity index (χ4v) is 2.81. The highest BCUT2D eigenvalue weighted by molar-refractivity contribution is 8.03. The number of morpholine rings is 1. The smallest absolute Gasteiger partial charge is 0.189 e. The zero-order valence-corrected chi connectivity index (χ0v) is 9.56. The quantitative estimate of drug-likeness (QED) is 0.405. The number of hydrogen-bond acceptors (Lipinski definition) is 4. The van der Waals surface area contributed by atoms with Crippen LogP contribution in [0.4, 0.5) is 0 Å². The first-order valence-corrected chi connectivity index (χ1v) is 6.03. The van der Waals surface area contributed by atoms with Crippen LogP contribution < -0.4 is 11.1 Å². The maximum atomic E-state index is 7.48. The van der Waals surface area contributed by atoms with Crippen LogP contribution in [0.25, 0.3) is 0 Å². The van der Waals surface area contributed by atoms with Crippen molar-refractivity contribution in [3.05, 3.63) is 10.8 Å². The minimum atomic E-state index is 0.0596. The Morgan fingerprint density at radius 3 is 3.13 bits per heavy atom. The van der Waals surface area contributed by atoms with Crippen molar-refractivity contribution in [1.29, 1.82) is 5.41 Å². The lowest BCUT2D eigenvalue weighted by molar-refractivity contribution is 0.0939. The van der Waals surface area contributed by atoms with Crippen molar-refractivity contribution in [3.63, 3.8) is 0 Å². The second kappa shape index (κ2) is 4.22. The van der Waals surface area contributed by atoms with E-state index in [1.54, 1.807) is 11.8 Å². The molecule has 0 aromatic heterocycles. The number of guanidine groups is 1. The third-order valence-corrected chi connectivity index (χ3v) is 3.65. The summed E-state index contributed by atoms with van der Waals surface area (Å²) in [5.74, 6) is 2.13. The molecule has 1 unspecified atom stereocenters. The molecular formula is C9H16N4OS. The highest BCUT2D eigenvalue weighted by atomic mass is 32.2. The first kappa shape index (κ1) is 10.5. The predicted octanol–water partition coefficient (Wildman–Crippen LogP) is 0.106. The molecule has 0 bridgehead atoms. The maximum absolute atomic E-state index is 7.48. The standard InChI is InChI=1S/C9H16N4OS/c1-6-7(8-12-2-5-15-8)14-4-3-13(6)9(10)11/h6,12H,2-5H2,1H3,(H3,10,11). The highest BCUT2D eigenvalue weighted by Crippen LogP contribution is 2.28. The molecule has 2 rings (SSSR count). The van der Waals surface area contributed by atoms with E-state index in [1.807, 2.05) is 11.8 Å². The summed E-state index contributed by atoms with van der Waals surface area (Å²) < 4.78 is 5.66. The van der Waals surface area contributed by atoms with Gasteiger partial charge in [-0.25, -0.2) is 0 Å². The van der Waals surface area contributed by atoms with Crippen LogP contribution in [0.3, 0.4) is 0 Å². The van der Waals surface area contributed by atoms with Crippen molar-refractivity contribution < 1.29 is 4.74 Å². The van der Waals surface area contributed by atoms with Crippen molar-refractivity contribution in [3.8, 4) is 0 Å². The van der Waals surface area contributed by atoms with Gasteiger partial charge >= 0.3 is 0 Å². The maximum Gasteiger partial charge on any atom is 0.189 e. The number of rotatable bonds is 0. The van der Waals surface area contributed by atoms with Crippen LogP contribution in [0.2, 0.25) is 0 Å². The molecule has 2 saturated heterocycles. The van der Waals surface area contributed by atoms with Gasteiger partial charge in [-0.3, -0.25) is 5.41 Å². The molecule has 84 valence electrons. The first-order valence-electron chi connectivity index (χ1n) is 5.04. The van der Waals surface area contributed by atoms with Gasteiger partial charge in [0.15, 0.2) is 5.96 Å². The van der Waals surface area contributed by atoms with E-state index >= 15 is 0 Å². The Kier molecular flexibility index (Phi) is 2.95. The molecule has 0 amide bonds. The second-order valence-corrected chi connectivity index (χ2v) is 4.68. The van der Waals surface area contributed by atoms with Gasteiger partial charge in [0.05, 0.1) is 12.6 Å². The number of nitrogens with zero attached hydrogens (tertiary/aromatic N) is 1. The van der Waals surface area contributed by atoms with Crippen LogP contribution in [-0.4, -0.2) is 42.4 Å². The number of ether oxygens (including phenoxy) is 1. The number of nitrogens with two attached hydrogens (primary N) is 1. The van der Waals surface area contributed by atoms with E-state index in [-0.39, 0.29) is 12.0 Å². The van der Waals surface area contributed by atoms with E-state index in [9.17, 15) is 0 Å². The Hall–Kier alpha value is -1.04. The lowest BCUT2D eigenvalue weighted by atomic mass is 10.2. The van der Waals surface area contributed by atoms with Crippen LogP contribution in [0, 0.1) is 5.41 Å². The fraction of sp³-hybridized carbons (Fsp3) is 0.667. The SMILES string of the molecule is CC1C(=C2NCCS2)OCCN1C(=N)N. The van der Waals surface area contributed by atoms with Crippen molar-refractivity contribution in [1.82, 2.24) is 10.2 Å². The predicted molar refractivity (Wildman–Crippen MR) is 61.5 cm³/mol. The summed E-state index contributed by atoms with van der Waals surface area (Å²) >= 11 is 1.77. The zero-order valence-electron chi connectivity index (χ0n) is 8.75. The van der Waals surface area contributed by atoms with E-state index < -0.39 is 0 Å². The molecule has 2 aliphatic heterocycles. The Morgan fingerprint density at radius 1 is 1.73 bits per heavy atom. The Balaban J connectivity index is 2.19. The number of hydrogen-bond donors (Lipinski definition) is 3. The molecule has 5 nitrogen and oxygen atoms in total. The second-order valence-electron chi connectivity index (χ2n) is 3.57. The zero-order chi connectivity index (χ0) is 10.8. The minimum absolute atomic E-state index is 0.0596. The molecule has 1 atom stereocenters. The van der Waals surface area contributed by atoms with Crippen molar-refractivity contribution in [2.75, 3.05) is 25.4 Å². The largest absolute Gasteiger partial charge is 0.491 e. The van der Waals surface area contributed by atoms with E-state index in [2.05, 4.69) is 5.32 Å². The van der Waals surface area contributed by atoms with Gasteiger partial charge in [-0.2, -0.15) is 0 Å². The molecule has 2 fully saturated rings. The summed E-state index contributed by atoms with van der Waals surface area (Å²) in [5, 5.41) is 11.9. The van der Waals surface area contributed by atoms with E-state index in [0.29, 0.717) is 13.2 Å².